The van der Waals surface area contributed by atoms with Crippen molar-refractivity contribution >= 4 is 27.5 Å². The number of likely N-dealkylation sites (tertiary alicyclic amines) is 1. The minimum atomic E-state index is -3.68. The van der Waals surface area contributed by atoms with Gasteiger partial charge >= 0.3 is 0 Å². The van der Waals surface area contributed by atoms with E-state index < -0.39 is 16.1 Å². The molecule has 0 radical (unpaired) electrons. The van der Waals surface area contributed by atoms with E-state index >= 15 is 0 Å². The largest absolute Gasteiger partial charge is 0.331 e. The van der Waals surface area contributed by atoms with Gasteiger partial charge in [-0.05, 0) is 37.5 Å². The maximum Gasteiger partial charge on any atom is 0.247 e. The number of nitrogens with zero attached hydrogens (tertiary/aromatic N) is 1. The van der Waals surface area contributed by atoms with Gasteiger partial charge < -0.3 is 16.0 Å². The third-order valence-electron chi connectivity index (χ3n) is 4.19. The van der Waals surface area contributed by atoms with Crippen molar-refractivity contribution in [3.63, 3.8) is 0 Å². The van der Waals surface area contributed by atoms with Crippen molar-refractivity contribution in [1.29, 1.82) is 0 Å². The Labute approximate surface area is 154 Å². The molecule has 1 fully saturated rings. The Balaban J connectivity index is 2.09. The molecule has 144 valence electrons. The van der Waals surface area contributed by atoms with Crippen LogP contribution in [0, 0.1) is 0 Å². The lowest BCUT2D eigenvalue weighted by atomic mass is 10.2. The van der Waals surface area contributed by atoms with Crippen LogP contribution in [0.15, 0.2) is 29.2 Å². The van der Waals surface area contributed by atoms with Crippen molar-refractivity contribution in [2.45, 2.75) is 43.5 Å². The molecule has 0 saturated carbocycles. The quantitative estimate of drug-likeness (QED) is 0.609. The number of carbonyl (C=O) groups is 2. The predicted octanol–water partition coefficient (Wildman–Crippen LogP) is 0.653. The highest BCUT2D eigenvalue weighted by Gasteiger charge is 2.33. The van der Waals surface area contributed by atoms with E-state index in [-0.39, 0.29) is 29.8 Å². The summed E-state index contributed by atoms with van der Waals surface area (Å²) in [5.41, 5.74) is 5.70. The molecule has 8 nitrogen and oxygen atoms in total. The van der Waals surface area contributed by atoms with Crippen LogP contribution >= 0.6 is 0 Å². The summed E-state index contributed by atoms with van der Waals surface area (Å²) in [6.07, 6.45) is 2.55. The summed E-state index contributed by atoms with van der Waals surface area (Å²) < 4.78 is 26.7. The van der Waals surface area contributed by atoms with Crippen molar-refractivity contribution in [3.8, 4) is 0 Å². The molecule has 9 heteroatoms. The summed E-state index contributed by atoms with van der Waals surface area (Å²) in [6, 6.07) is 5.50. The fourth-order valence-electron chi connectivity index (χ4n) is 2.94. The molecule has 0 aliphatic carbocycles. The highest BCUT2D eigenvalue weighted by molar-refractivity contribution is 7.89. The number of nitrogens with two attached hydrogens (primary N) is 1. The maximum absolute atomic E-state index is 12.6. The highest BCUT2D eigenvalue weighted by Crippen LogP contribution is 2.21. The van der Waals surface area contributed by atoms with Crippen LogP contribution in [0.1, 0.15) is 32.6 Å². The van der Waals surface area contributed by atoms with Crippen LogP contribution in [0.25, 0.3) is 0 Å². The Kier molecular flexibility index (Phi) is 7.13. The number of sulfonamides is 1. The van der Waals surface area contributed by atoms with Crippen LogP contribution in [0.3, 0.4) is 0 Å². The Bertz CT molecular complexity index is 751. The Hall–Kier alpha value is -1.97. The number of benzene rings is 1. The normalized spacial score (nSPS) is 17.3. The molecule has 1 aromatic carbocycles. The van der Waals surface area contributed by atoms with Crippen LogP contribution < -0.4 is 15.8 Å². The fourth-order valence-corrected chi connectivity index (χ4v) is 4.03. The van der Waals surface area contributed by atoms with Crippen LogP contribution in [0.5, 0.6) is 0 Å². The monoisotopic (exact) mass is 382 g/mol. The molecule has 0 bridgehead atoms. The average molecular weight is 382 g/mol. The van der Waals surface area contributed by atoms with Crippen LogP contribution in [-0.2, 0) is 19.6 Å². The molecule has 1 aliphatic heterocycles. The minimum Gasteiger partial charge on any atom is -0.331 e. The van der Waals surface area contributed by atoms with Gasteiger partial charge in [-0.3, -0.25) is 9.59 Å². The van der Waals surface area contributed by atoms with E-state index in [4.69, 9.17) is 5.73 Å². The average Bonchev–Trinajstić information content (AvgIpc) is 3.10. The second-order valence-electron chi connectivity index (χ2n) is 6.20. The number of carbonyl (C=O) groups excluding carboxylic acids is 2. The zero-order valence-electron chi connectivity index (χ0n) is 14.9. The third-order valence-corrected chi connectivity index (χ3v) is 5.65. The van der Waals surface area contributed by atoms with Gasteiger partial charge in [0.1, 0.15) is 6.04 Å². The third kappa shape index (κ3) is 5.03. The lowest BCUT2D eigenvalue weighted by Gasteiger charge is -2.24. The Morgan fingerprint density at radius 2 is 2.12 bits per heavy atom. The summed E-state index contributed by atoms with van der Waals surface area (Å²) in [5, 5.41) is 2.73. The van der Waals surface area contributed by atoms with Gasteiger partial charge in [0, 0.05) is 31.7 Å². The molecular weight excluding hydrogens is 356 g/mol. The van der Waals surface area contributed by atoms with Crippen LogP contribution in [-0.4, -0.2) is 50.8 Å². The first-order valence-corrected chi connectivity index (χ1v) is 10.3. The molecular formula is C17H26N4O4S. The first-order chi connectivity index (χ1) is 12.4. The second kappa shape index (κ2) is 9.11. The topological polar surface area (TPSA) is 122 Å². The van der Waals surface area contributed by atoms with E-state index in [1.54, 1.807) is 17.0 Å². The number of rotatable bonds is 8. The van der Waals surface area contributed by atoms with E-state index in [0.29, 0.717) is 25.1 Å². The number of anilines is 1. The highest BCUT2D eigenvalue weighted by atomic mass is 32.2. The molecule has 26 heavy (non-hydrogen) atoms. The molecule has 2 rings (SSSR count). The van der Waals surface area contributed by atoms with Crippen molar-refractivity contribution in [3.05, 3.63) is 24.3 Å². The van der Waals surface area contributed by atoms with E-state index in [0.717, 1.165) is 12.8 Å². The van der Waals surface area contributed by atoms with Gasteiger partial charge in [-0.1, -0.05) is 13.0 Å². The van der Waals surface area contributed by atoms with Gasteiger partial charge in [0.05, 0.1) is 4.90 Å². The lowest BCUT2D eigenvalue weighted by Crippen LogP contribution is -2.43. The summed E-state index contributed by atoms with van der Waals surface area (Å²) >= 11 is 0. The lowest BCUT2D eigenvalue weighted by molar-refractivity contribution is -0.136. The van der Waals surface area contributed by atoms with Crippen molar-refractivity contribution in [2.24, 2.45) is 5.73 Å². The summed E-state index contributed by atoms with van der Waals surface area (Å²) in [5.74, 6) is -0.316. The van der Waals surface area contributed by atoms with Crippen molar-refractivity contribution in [1.82, 2.24) is 9.62 Å². The van der Waals surface area contributed by atoms with Crippen molar-refractivity contribution < 1.29 is 18.0 Å². The van der Waals surface area contributed by atoms with Gasteiger partial charge in [-0.2, -0.15) is 0 Å². The minimum absolute atomic E-state index is 0.0209. The Morgan fingerprint density at radius 3 is 2.81 bits per heavy atom. The van der Waals surface area contributed by atoms with Gasteiger partial charge in [0.15, 0.2) is 0 Å². The fraction of sp³-hybridized carbons (Fsp3) is 0.529. The molecule has 2 amide bonds. The van der Waals surface area contributed by atoms with Gasteiger partial charge in [0.2, 0.25) is 21.8 Å². The first-order valence-electron chi connectivity index (χ1n) is 8.79. The number of amides is 2. The van der Waals surface area contributed by atoms with E-state index in [1.807, 2.05) is 6.92 Å². The van der Waals surface area contributed by atoms with Gasteiger partial charge in [-0.25, -0.2) is 13.1 Å². The smallest absolute Gasteiger partial charge is 0.247 e. The SMILES string of the molecule is CCCC(=O)N1CCCC1C(=O)Nc1cccc(S(=O)(=O)NCCN)c1. The standard InChI is InChI=1S/C17H26N4O4S/c1-2-5-16(22)21-11-4-8-15(21)17(23)20-13-6-3-7-14(12-13)26(24,25)19-10-9-18/h3,6-7,12,15,19H,2,4-5,8-11,18H2,1H3,(H,20,23). The molecule has 0 spiro atoms. The molecule has 1 atom stereocenters. The molecule has 0 aromatic heterocycles. The van der Waals surface area contributed by atoms with E-state index in [9.17, 15) is 18.0 Å². The Morgan fingerprint density at radius 1 is 1.35 bits per heavy atom. The van der Waals surface area contributed by atoms with Gasteiger partial charge in [0.25, 0.3) is 0 Å². The summed E-state index contributed by atoms with van der Waals surface area (Å²) in [4.78, 5) is 26.4. The molecule has 1 aliphatic rings. The van der Waals surface area contributed by atoms with E-state index in [1.165, 1.54) is 12.1 Å². The summed E-state index contributed by atoms with van der Waals surface area (Å²) in [6.45, 7) is 2.83. The van der Waals surface area contributed by atoms with Crippen molar-refractivity contribution in [2.75, 3.05) is 25.0 Å². The van der Waals surface area contributed by atoms with Gasteiger partial charge in [-0.15, -0.1) is 0 Å². The van der Waals surface area contributed by atoms with Crippen LogP contribution in [0.2, 0.25) is 0 Å². The summed E-state index contributed by atoms with van der Waals surface area (Å²) in [7, 11) is -3.68. The zero-order valence-corrected chi connectivity index (χ0v) is 15.7. The number of hydrogen-bond donors (Lipinski definition) is 3. The molecule has 1 aromatic rings. The zero-order chi connectivity index (χ0) is 19.2. The molecule has 1 heterocycles. The number of hydrogen-bond acceptors (Lipinski definition) is 5. The predicted molar refractivity (Wildman–Crippen MR) is 99.0 cm³/mol. The molecule has 4 N–H and O–H groups in total. The molecule has 1 unspecified atom stereocenters. The molecule has 1 saturated heterocycles. The maximum atomic E-state index is 12.6. The first kappa shape index (κ1) is 20.3. The van der Waals surface area contributed by atoms with E-state index in [2.05, 4.69) is 10.0 Å². The number of nitrogens with one attached hydrogen (secondary N) is 2. The van der Waals surface area contributed by atoms with Crippen LogP contribution in [0.4, 0.5) is 5.69 Å². The second-order valence-corrected chi connectivity index (χ2v) is 7.97.